The number of anilines is 1. The van der Waals surface area contributed by atoms with Crippen LogP contribution in [0.25, 0.3) is 0 Å². The van der Waals surface area contributed by atoms with Gasteiger partial charge in [0.2, 0.25) is 0 Å². The van der Waals surface area contributed by atoms with Gasteiger partial charge in [-0.3, -0.25) is 0 Å². The van der Waals surface area contributed by atoms with Crippen LogP contribution in [0.2, 0.25) is 0 Å². The lowest BCUT2D eigenvalue weighted by Gasteiger charge is -2.17. The highest BCUT2D eigenvalue weighted by Gasteiger charge is 2.11. The first-order chi connectivity index (χ1) is 9.11. The van der Waals surface area contributed by atoms with E-state index >= 15 is 0 Å². The standard InChI is InChI=1S/C15H15BrFNS/c1-10(11-6-8-12(19-2)9-7-11)18-15-13(16)4-3-5-14(15)17/h3-10,18H,1-2H3. The molecule has 0 heterocycles. The highest BCUT2D eigenvalue weighted by molar-refractivity contribution is 9.10. The van der Waals surface area contributed by atoms with Crippen LogP contribution in [0, 0.1) is 5.82 Å². The minimum Gasteiger partial charge on any atom is -0.375 e. The van der Waals surface area contributed by atoms with Crippen molar-refractivity contribution in [3.05, 3.63) is 58.3 Å². The van der Waals surface area contributed by atoms with Crippen molar-refractivity contribution in [3.8, 4) is 0 Å². The third-order valence-electron chi connectivity index (χ3n) is 2.94. The SMILES string of the molecule is CSc1ccc(C(C)Nc2c(F)cccc2Br)cc1. The van der Waals surface area contributed by atoms with E-state index in [1.807, 2.05) is 19.2 Å². The molecule has 1 N–H and O–H groups in total. The van der Waals surface area contributed by atoms with Gasteiger partial charge in [-0.15, -0.1) is 11.8 Å². The molecule has 0 aliphatic heterocycles. The third-order valence-corrected chi connectivity index (χ3v) is 4.34. The Kier molecular flexibility index (Phi) is 4.88. The summed E-state index contributed by atoms with van der Waals surface area (Å²) in [6.07, 6.45) is 2.05. The molecule has 0 aliphatic carbocycles. The summed E-state index contributed by atoms with van der Waals surface area (Å²) in [7, 11) is 0. The molecule has 0 spiro atoms. The first-order valence-electron chi connectivity index (χ1n) is 5.96. The second-order valence-corrected chi connectivity index (χ2v) is 5.97. The van der Waals surface area contributed by atoms with Gasteiger partial charge in [0.1, 0.15) is 5.82 Å². The van der Waals surface area contributed by atoms with E-state index in [4.69, 9.17) is 0 Å². The molecule has 2 rings (SSSR count). The van der Waals surface area contributed by atoms with E-state index in [1.165, 1.54) is 11.0 Å². The average Bonchev–Trinajstić information content (AvgIpc) is 2.43. The van der Waals surface area contributed by atoms with Crippen molar-refractivity contribution in [1.29, 1.82) is 0 Å². The molecule has 0 aliphatic rings. The van der Waals surface area contributed by atoms with Crippen molar-refractivity contribution in [2.24, 2.45) is 0 Å². The first-order valence-corrected chi connectivity index (χ1v) is 7.98. The molecule has 2 aromatic rings. The van der Waals surface area contributed by atoms with Crippen molar-refractivity contribution in [3.63, 3.8) is 0 Å². The van der Waals surface area contributed by atoms with Crippen molar-refractivity contribution < 1.29 is 4.39 Å². The van der Waals surface area contributed by atoms with Gasteiger partial charge in [0.25, 0.3) is 0 Å². The number of thioether (sulfide) groups is 1. The van der Waals surface area contributed by atoms with Gasteiger partial charge in [-0.05, 0) is 58.9 Å². The molecule has 4 heteroatoms. The quantitative estimate of drug-likeness (QED) is 0.740. The smallest absolute Gasteiger partial charge is 0.147 e. The molecule has 100 valence electrons. The molecule has 2 aromatic carbocycles. The van der Waals surface area contributed by atoms with Gasteiger partial charge in [-0.1, -0.05) is 18.2 Å². The zero-order valence-corrected chi connectivity index (χ0v) is 13.2. The van der Waals surface area contributed by atoms with Gasteiger partial charge in [0, 0.05) is 15.4 Å². The van der Waals surface area contributed by atoms with Crippen LogP contribution in [-0.2, 0) is 0 Å². The van der Waals surface area contributed by atoms with E-state index in [9.17, 15) is 4.39 Å². The van der Waals surface area contributed by atoms with E-state index in [0.717, 1.165) is 10.0 Å². The van der Waals surface area contributed by atoms with Gasteiger partial charge in [0.15, 0.2) is 0 Å². The maximum absolute atomic E-state index is 13.7. The van der Waals surface area contributed by atoms with E-state index < -0.39 is 0 Å². The molecule has 0 fully saturated rings. The van der Waals surface area contributed by atoms with Crippen LogP contribution in [0.1, 0.15) is 18.5 Å². The zero-order chi connectivity index (χ0) is 13.8. The van der Waals surface area contributed by atoms with Crippen molar-refractivity contribution in [1.82, 2.24) is 0 Å². The van der Waals surface area contributed by atoms with Crippen LogP contribution in [0.15, 0.2) is 51.8 Å². The summed E-state index contributed by atoms with van der Waals surface area (Å²) in [5, 5.41) is 3.20. The van der Waals surface area contributed by atoms with Crippen LogP contribution >= 0.6 is 27.7 Å². The second kappa shape index (κ2) is 6.44. The van der Waals surface area contributed by atoms with E-state index in [0.29, 0.717) is 5.69 Å². The van der Waals surface area contributed by atoms with E-state index in [-0.39, 0.29) is 11.9 Å². The predicted octanol–water partition coefficient (Wildman–Crippen LogP) is 5.48. The number of benzene rings is 2. The Morgan fingerprint density at radius 2 is 1.84 bits per heavy atom. The summed E-state index contributed by atoms with van der Waals surface area (Å²) in [5.41, 5.74) is 1.64. The summed E-state index contributed by atoms with van der Waals surface area (Å²) in [6, 6.07) is 13.3. The minimum atomic E-state index is -0.248. The van der Waals surface area contributed by atoms with E-state index in [1.54, 1.807) is 17.8 Å². The van der Waals surface area contributed by atoms with Crippen LogP contribution < -0.4 is 5.32 Å². The third kappa shape index (κ3) is 3.51. The van der Waals surface area contributed by atoms with Gasteiger partial charge >= 0.3 is 0 Å². The Hall–Kier alpha value is -1.000. The summed E-state index contributed by atoms with van der Waals surface area (Å²) >= 11 is 5.08. The number of nitrogens with one attached hydrogen (secondary N) is 1. The van der Waals surface area contributed by atoms with Crippen molar-refractivity contribution in [2.45, 2.75) is 17.9 Å². The average molecular weight is 340 g/mol. The van der Waals surface area contributed by atoms with Crippen LogP contribution in [0.3, 0.4) is 0 Å². The predicted molar refractivity (Wildman–Crippen MR) is 84.4 cm³/mol. The Labute approximate surface area is 125 Å². The summed E-state index contributed by atoms with van der Waals surface area (Å²) in [5.74, 6) is -0.248. The number of para-hydroxylation sites is 1. The Bertz CT molecular complexity index is 536. The monoisotopic (exact) mass is 339 g/mol. The highest BCUT2D eigenvalue weighted by atomic mass is 79.9. The zero-order valence-electron chi connectivity index (χ0n) is 10.8. The minimum absolute atomic E-state index is 0.0455. The number of hydrogen-bond donors (Lipinski definition) is 1. The molecule has 19 heavy (non-hydrogen) atoms. The number of rotatable bonds is 4. The van der Waals surface area contributed by atoms with Crippen LogP contribution in [-0.4, -0.2) is 6.26 Å². The molecule has 0 saturated heterocycles. The number of hydrogen-bond acceptors (Lipinski definition) is 2. The topological polar surface area (TPSA) is 12.0 Å². The summed E-state index contributed by atoms with van der Waals surface area (Å²) in [4.78, 5) is 1.23. The lowest BCUT2D eigenvalue weighted by atomic mass is 10.1. The van der Waals surface area contributed by atoms with Gasteiger partial charge in [-0.2, -0.15) is 0 Å². The normalized spacial score (nSPS) is 12.2. The summed E-state index contributed by atoms with van der Waals surface area (Å²) < 4.78 is 14.5. The molecule has 1 unspecified atom stereocenters. The van der Waals surface area contributed by atoms with Gasteiger partial charge < -0.3 is 5.32 Å². The Morgan fingerprint density at radius 1 is 1.16 bits per heavy atom. The molecular formula is C15H15BrFNS. The fourth-order valence-electron chi connectivity index (χ4n) is 1.83. The molecule has 1 nitrogen and oxygen atoms in total. The first kappa shape index (κ1) is 14.4. The van der Waals surface area contributed by atoms with Gasteiger partial charge in [0.05, 0.1) is 5.69 Å². The van der Waals surface area contributed by atoms with Gasteiger partial charge in [-0.25, -0.2) is 4.39 Å². The largest absolute Gasteiger partial charge is 0.375 e. The molecule has 0 amide bonds. The lowest BCUT2D eigenvalue weighted by molar-refractivity contribution is 0.626. The fourth-order valence-corrected chi connectivity index (χ4v) is 2.69. The maximum Gasteiger partial charge on any atom is 0.147 e. The molecule has 0 aromatic heterocycles. The second-order valence-electron chi connectivity index (χ2n) is 4.24. The Morgan fingerprint density at radius 3 is 2.42 bits per heavy atom. The maximum atomic E-state index is 13.7. The fraction of sp³-hybridized carbons (Fsp3) is 0.200. The molecular weight excluding hydrogens is 325 g/mol. The molecule has 1 atom stereocenters. The Balaban J connectivity index is 2.18. The summed E-state index contributed by atoms with van der Waals surface area (Å²) in [6.45, 7) is 2.02. The van der Waals surface area contributed by atoms with E-state index in [2.05, 4.69) is 45.5 Å². The van der Waals surface area contributed by atoms with Crippen LogP contribution in [0.4, 0.5) is 10.1 Å². The van der Waals surface area contributed by atoms with Crippen molar-refractivity contribution >= 4 is 33.4 Å². The molecule has 0 radical (unpaired) electrons. The number of halogens is 2. The lowest BCUT2D eigenvalue weighted by Crippen LogP contribution is -2.08. The van der Waals surface area contributed by atoms with Crippen LogP contribution in [0.5, 0.6) is 0 Å². The van der Waals surface area contributed by atoms with Crippen molar-refractivity contribution in [2.75, 3.05) is 11.6 Å². The highest BCUT2D eigenvalue weighted by Crippen LogP contribution is 2.29. The molecule has 0 bridgehead atoms. The molecule has 0 saturated carbocycles.